The lowest BCUT2D eigenvalue weighted by atomic mass is 10.1. The number of hydrogen-bond donors (Lipinski definition) is 1. The van der Waals surface area contributed by atoms with Gasteiger partial charge in [0.1, 0.15) is 12.1 Å². The Morgan fingerprint density at radius 2 is 2.11 bits per heavy atom. The lowest BCUT2D eigenvalue weighted by Gasteiger charge is -2.12. The van der Waals surface area contributed by atoms with Gasteiger partial charge in [0.25, 0.3) is 0 Å². The van der Waals surface area contributed by atoms with Gasteiger partial charge in [0.15, 0.2) is 0 Å². The third-order valence-corrected chi connectivity index (χ3v) is 2.90. The number of anilines is 1. The highest BCUT2D eigenvalue weighted by Crippen LogP contribution is 2.25. The van der Waals surface area contributed by atoms with Crippen LogP contribution in [0.4, 0.5) is 5.82 Å². The Labute approximate surface area is 107 Å². The summed E-state index contributed by atoms with van der Waals surface area (Å²) in [4.78, 5) is 8.74. The minimum atomic E-state index is 0.896. The second kappa shape index (κ2) is 5.62. The number of hydrogen-bond acceptors (Lipinski definition) is 4. The maximum absolute atomic E-state index is 4.41. The second-order valence-electron chi connectivity index (χ2n) is 4.17. The topological polar surface area (TPSA) is 55.6 Å². The van der Waals surface area contributed by atoms with Crippen LogP contribution in [0.1, 0.15) is 25.8 Å². The van der Waals surface area contributed by atoms with E-state index in [2.05, 4.69) is 34.2 Å². The minimum absolute atomic E-state index is 0.896. The van der Waals surface area contributed by atoms with Gasteiger partial charge in [0.05, 0.1) is 11.4 Å². The predicted molar refractivity (Wildman–Crippen MR) is 72.4 cm³/mol. The first-order chi connectivity index (χ1) is 8.77. The van der Waals surface area contributed by atoms with Crippen LogP contribution in [0.15, 0.2) is 18.6 Å². The zero-order valence-electron chi connectivity index (χ0n) is 11.1. The minimum Gasteiger partial charge on any atom is -0.370 e. The molecule has 2 rings (SSSR count). The van der Waals surface area contributed by atoms with E-state index in [1.807, 2.05) is 17.8 Å². The first kappa shape index (κ1) is 12.5. The smallest absolute Gasteiger partial charge is 0.133 e. The fourth-order valence-electron chi connectivity index (χ4n) is 1.97. The number of nitrogens with one attached hydrogen (secondary N) is 1. The van der Waals surface area contributed by atoms with Crippen LogP contribution in [0.2, 0.25) is 0 Å². The molecule has 18 heavy (non-hydrogen) atoms. The molecule has 0 saturated heterocycles. The molecule has 0 amide bonds. The summed E-state index contributed by atoms with van der Waals surface area (Å²) in [5.74, 6) is 0.936. The van der Waals surface area contributed by atoms with E-state index in [0.717, 1.165) is 42.2 Å². The Morgan fingerprint density at radius 3 is 2.72 bits per heavy atom. The number of aryl methyl sites for hydroxylation is 1. The van der Waals surface area contributed by atoms with E-state index in [1.165, 1.54) is 0 Å². The quantitative estimate of drug-likeness (QED) is 0.878. The van der Waals surface area contributed by atoms with Gasteiger partial charge in [-0.25, -0.2) is 9.97 Å². The van der Waals surface area contributed by atoms with Crippen molar-refractivity contribution in [2.24, 2.45) is 7.05 Å². The van der Waals surface area contributed by atoms with Gasteiger partial charge in [0.2, 0.25) is 0 Å². The van der Waals surface area contributed by atoms with Gasteiger partial charge >= 0.3 is 0 Å². The van der Waals surface area contributed by atoms with Gasteiger partial charge in [-0.05, 0) is 18.9 Å². The summed E-state index contributed by atoms with van der Waals surface area (Å²) in [5.41, 5.74) is 3.13. The highest BCUT2D eigenvalue weighted by atomic mass is 15.3. The fraction of sp³-hybridized carbons (Fsp3) is 0.462. The predicted octanol–water partition coefficient (Wildman–Crippen LogP) is 2.26. The molecule has 0 saturated carbocycles. The van der Waals surface area contributed by atoms with Gasteiger partial charge in [0, 0.05) is 25.4 Å². The van der Waals surface area contributed by atoms with Crippen LogP contribution in [-0.4, -0.2) is 26.3 Å². The zero-order chi connectivity index (χ0) is 13.0. The molecule has 0 unspecified atom stereocenters. The Hall–Kier alpha value is -1.91. The molecule has 0 spiro atoms. The summed E-state index contributed by atoms with van der Waals surface area (Å²) in [6.07, 6.45) is 5.37. The highest BCUT2D eigenvalue weighted by Gasteiger charge is 2.13. The Kier molecular flexibility index (Phi) is 3.92. The number of nitrogens with zero attached hydrogens (tertiary/aromatic N) is 4. The Morgan fingerprint density at radius 1 is 1.28 bits per heavy atom. The van der Waals surface area contributed by atoms with E-state index in [4.69, 9.17) is 0 Å². The molecule has 5 heteroatoms. The molecule has 0 aliphatic rings. The maximum atomic E-state index is 4.41. The average molecular weight is 245 g/mol. The van der Waals surface area contributed by atoms with Crippen LogP contribution < -0.4 is 5.32 Å². The van der Waals surface area contributed by atoms with Crippen molar-refractivity contribution in [3.05, 3.63) is 24.2 Å². The van der Waals surface area contributed by atoms with Crippen molar-refractivity contribution in [3.8, 4) is 11.4 Å². The van der Waals surface area contributed by atoms with Crippen LogP contribution in [0.3, 0.4) is 0 Å². The van der Waals surface area contributed by atoms with Gasteiger partial charge < -0.3 is 5.32 Å². The van der Waals surface area contributed by atoms with Gasteiger partial charge in [-0.2, -0.15) is 5.10 Å². The van der Waals surface area contributed by atoms with Crippen LogP contribution >= 0.6 is 0 Å². The van der Waals surface area contributed by atoms with E-state index >= 15 is 0 Å². The molecule has 5 nitrogen and oxygen atoms in total. The molecule has 1 N–H and O–H groups in total. The standard InChI is InChI=1S/C13H19N5/c1-4-7-14-13-10(5-2)12(15-9-16-13)11-6-8-17-18(11)3/h6,8-9H,4-5,7H2,1-3H3,(H,14,15,16). The summed E-state index contributed by atoms with van der Waals surface area (Å²) in [7, 11) is 1.93. The SMILES string of the molecule is CCCNc1ncnc(-c2ccnn2C)c1CC. The molecule has 0 bridgehead atoms. The van der Waals surface area contributed by atoms with E-state index in [1.54, 1.807) is 12.5 Å². The van der Waals surface area contributed by atoms with Crippen LogP contribution in [0, 0.1) is 0 Å². The first-order valence-electron chi connectivity index (χ1n) is 6.34. The average Bonchev–Trinajstić information content (AvgIpc) is 2.81. The normalized spacial score (nSPS) is 10.6. The van der Waals surface area contributed by atoms with Crippen molar-refractivity contribution >= 4 is 5.82 Å². The number of aromatic nitrogens is 4. The molecule has 0 atom stereocenters. The van der Waals surface area contributed by atoms with Crippen molar-refractivity contribution in [3.63, 3.8) is 0 Å². The molecule has 0 fully saturated rings. The lowest BCUT2D eigenvalue weighted by molar-refractivity contribution is 0.771. The van der Waals surface area contributed by atoms with Crippen LogP contribution in [0.5, 0.6) is 0 Å². The molecular formula is C13H19N5. The van der Waals surface area contributed by atoms with Gasteiger partial charge in [-0.1, -0.05) is 13.8 Å². The van der Waals surface area contributed by atoms with E-state index in [0.29, 0.717) is 0 Å². The van der Waals surface area contributed by atoms with Crippen molar-refractivity contribution in [2.45, 2.75) is 26.7 Å². The van der Waals surface area contributed by atoms with Crippen molar-refractivity contribution in [1.82, 2.24) is 19.7 Å². The molecule has 0 aliphatic heterocycles. The highest BCUT2D eigenvalue weighted by molar-refractivity contribution is 5.65. The summed E-state index contributed by atoms with van der Waals surface area (Å²) < 4.78 is 1.84. The third-order valence-electron chi connectivity index (χ3n) is 2.90. The molecular weight excluding hydrogens is 226 g/mol. The molecule has 0 radical (unpaired) electrons. The zero-order valence-corrected chi connectivity index (χ0v) is 11.1. The fourth-order valence-corrected chi connectivity index (χ4v) is 1.97. The van der Waals surface area contributed by atoms with Gasteiger partial charge in [-0.3, -0.25) is 4.68 Å². The largest absolute Gasteiger partial charge is 0.370 e. The van der Waals surface area contributed by atoms with Crippen molar-refractivity contribution < 1.29 is 0 Å². The monoisotopic (exact) mass is 245 g/mol. The molecule has 96 valence electrons. The lowest BCUT2D eigenvalue weighted by Crippen LogP contribution is -2.08. The van der Waals surface area contributed by atoms with E-state index < -0.39 is 0 Å². The molecule has 2 heterocycles. The van der Waals surface area contributed by atoms with Crippen molar-refractivity contribution in [2.75, 3.05) is 11.9 Å². The van der Waals surface area contributed by atoms with Crippen LogP contribution in [-0.2, 0) is 13.5 Å². The third kappa shape index (κ3) is 2.34. The molecule has 0 aromatic carbocycles. The molecule has 0 aliphatic carbocycles. The summed E-state index contributed by atoms with van der Waals surface area (Å²) in [6, 6.07) is 1.98. The summed E-state index contributed by atoms with van der Waals surface area (Å²) >= 11 is 0. The summed E-state index contributed by atoms with van der Waals surface area (Å²) in [5, 5.41) is 7.55. The molecule has 2 aromatic heterocycles. The van der Waals surface area contributed by atoms with E-state index in [9.17, 15) is 0 Å². The van der Waals surface area contributed by atoms with Crippen LogP contribution in [0.25, 0.3) is 11.4 Å². The van der Waals surface area contributed by atoms with Gasteiger partial charge in [-0.15, -0.1) is 0 Å². The van der Waals surface area contributed by atoms with Crippen molar-refractivity contribution in [1.29, 1.82) is 0 Å². The van der Waals surface area contributed by atoms with E-state index in [-0.39, 0.29) is 0 Å². The Bertz CT molecular complexity index is 518. The maximum Gasteiger partial charge on any atom is 0.133 e. The number of rotatable bonds is 5. The molecule has 2 aromatic rings. The Balaban J connectivity index is 2.45. The summed E-state index contributed by atoms with van der Waals surface area (Å²) in [6.45, 7) is 5.19. The second-order valence-corrected chi connectivity index (χ2v) is 4.17. The first-order valence-corrected chi connectivity index (χ1v) is 6.34.